The molecule has 1 fully saturated rings. The molecule has 0 aromatic heterocycles. The molecule has 1 heterocycles. The van der Waals surface area contributed by atoms with E-state index in [2.05, 4.69) is 4.90 Å². The molecule has 14 heavy (non-hydrogen) atoms. The maximum atomic E-state index is 11.1. The third-order valence-corrected chi connectivity index (χ3v) is 2.20. The van der Waals surface area contributed by atoms with Crippen LogP contribution in [0.15, 0.2) is 0 Å². The maximum absolute atomic E-state index is 11.1. The summed E-state index contributed by atoms with van der Waals surface area (Å²) in [6, 6.07) is 0.225. The molecule has 1 atom stereocenters. The lowest BCUT2D eigenvalue weighted by atomic mass is 10.1. The number of nitrogens with zero attached hydrogens (tertiary/aromatic N) is 1. The van der Waals surface area contributed by atoms with Crippen LogP contribution in [0.4, 0.5) is 0 Å². The number of esters is 1. The number of rotatable bonds is 3. The molecule has 0 bridgehead atoms. The highest BCUT2D eigenvalue weighted by Gasteiger charge is 2.18. The van der Waals surface area contributed by atoms with E-state index >= 15 is 0 Å². The Kier molecular flexibility index (Phi) is 6.87. The molecule has 0 radical (unpaired) electrons. The molecular formula is C9H19ClN2O2. The summed E-state index contributed by atoms with van der Waals surface area (Å²) in [5, 5.41) is 0. The summed E-state index contributed by atoms with van der Waals surface area (Å²) in [6.07, 6.45) is 2.15. The number of hydrogen-bond donors (Lipinski definition) is 1. The van der Waals surface area contributed by atoms with E-state index in [1.54, 1.807) is 0 Å². The monoisotopic (exact) mass is 222 g/mol. The second-order valence-electron chi connectivity index (χ2n) is 3.44. The average molecular weight is 223 g/mol. The van der Waals surface area contributed by atoms with E-state index in [-0.39, 0.29) is 24.4 Å². The first-order chi connectivity index (χ1) is 6.22. The van der Waals surface area contributed by atoms with Gasteiger partial charge in [-0.15, -0.1) is 12.4 Å². The smallest absolute Gasteiger partial charge is 0.320 e. The molecule has 0 amide bonds. The van der Waals surface area contributed by atoms with Gasteiger partial charge < -0.3 is 10.5 Å². The molecule has 0 aliphatic carbocycles. The molecule has 5 heteroatoms. The molecule has 1 unspecified atom stereocenters. The lowest BCUT2D eigenvalue weighted by Crippen LogP contribution is -2.45. The molecule has 1 saturated heterocycles. The van der Waals surface area contributed by atoms with Gasteiger partial charge in [0.1, 0.15) is 0 Å². The molecule has 0 aromatic rings. The minimum Gasteiger partial charge on any atom is -0.465 e. The standard InChI is InChI=1S/C9H18N2O2.ClH/c1-2-13-9(12)7-11-5-3-4-8(10)6-11;/h8H,2-7,10H2,1H3;1H. The summed E-state index contributed by atoms with van der Waals surface area (Å²) in [6.45, 7) is 4.45. The van der Waals surface area contributed by atoms with Crippen LogP contribution in [0, 0.1) is 0 Å². The van der Waals surface area contributed by atoms with E-state index < -0.39 is 0 Å². The Bertz CT molecular complexity index is 178. The largest absolute Gasteiger partial charge is 0.465 e. The number of likely N-dealkylation sites (tertiary alicyclic amines) is 1. The van der Waals surface area contributed by atoms with Crippen molar-refractivity contribution in [1.29, 1.82) is 0 Å². The fraction of sp³-hybridized carbons (Fsp3) is 0.889. The van der Waals surface area contributed by atoms with Crippen molar-refractivity contribution in [3.05, 3.63) is 0 Å². The molecule has 0 aromatic carbocycles. The molecule has 2 N–H and O–H groups in total. The summed E-state index contributed by atoms with van der Waals surface area (Å²) in [5.74, 6) is -0.142. The van der Waals surface area contributed by atoms with Crippen molar-refractivity contribution in [2.24, 2.45) is 5.73 Å². The van der Waals surface area contributed by atoms with Crippen LogP contribution >= 0.6 is 12.4 Å². The van der Waals surface area contributed by atoms with Crippen molar-refractivity contribution in [3.8, 4) is 0 Å². The van der Waals surface area contributed by atoms with Gasteiger partial charge >= 0.3 is 5.97 Å². The van der Waals surface area contributed by atoms with E-state index in [9.17, 15) is 4.79 Å². The van der Waals surface area contributed by atoms with Crippen molar-refractivity contribution in [3.63, 3.8) is 0 Å². The number of halogens is 1. The third kappa shape index (κ3) is 4.79. The fourth-order valence-corrected chi connectivity index (χ4v) is 1.62. The second-order valence-corrected chi connectivity index (χ2v) is 3.44. The molecular weight excluding hydrogens is 204 g/mol. The Hall–Kier alpha value is -0.320. The first kappa shape index (κ1) is 13.7. The number of ether oxygens (including phenoxy) is 1. The molecule has 1 aliphatic heterocycles. The van der Waals surface area contributed by atoms with Crippen LogP contribution in [0.5, 0.6) is 0 Å². The van der Waals surface area contributed by atoms with Crippen molar-refractivity contribution < 1.29 is 9.53 Å². The third-order valence-electron chi connectivity index (χ3n) is 2.20. The van der Waals surface area contributed by atoms with E-state index in [1.807, 2.05) is 6.92 Å². The van der Waals surface area contributed by atoms with E-state index in [4.69, 9.17) is 10.5 Å². The molecule has 4 nitrogen and oxygen atoms in total. The fourth-order valence-electron chi connectivity index (χ4n) is 1.62. The number of carbonyl (C=O) groups excluding carboxylic acids is 1. The van der Waals surface area contributed by atoms with Crippen LogP contribution in [0.25, 0.3) is 0 Å². The zero-order chi connectivity index (χ0) is 9.68. The number of piperidine rings is 1. The SMILES string of the molecule is CCOC(=O)CN1CCCC(N)C1.Cl. The van der Waals surface area contributed by atoms with Gasteiger partial charge in [0.2, 0.25) is 0 Å². The minimum absolute atomic E-state index is 0. The van der Waals surface area contributed by atoms with Crippen LogP contribution < -0.4 is 5.73 Å². The molecule has 84 valence electrons. The van der Waals surface area contributed by atoms with Crippen molar-refractivity contribution in [2.75, 3.05) is 26.2 Å². The van der Waals surface area contributed by atoms with Gasteiger partial charge in [0.25, 0.3) is 0 Å². The van der Waals surface area contributed by atoms with Crippen LogP contribution in [-0.4, -0.2) is 43.2 Å². The molecule has 1 rings (SSSR count). The van der Waals surface area contributed by atoms with E-state index in [0.29, 0.717) is 13.2 Å². The Morgan fingerprint density at radius 3 is 2.93 bits per heavy atom. The summed E-state index contributed by atoms with van der Waals surface area (Å²) in [7, 11) is 0. The van der Waals surface area contributed by atoms with Gasteiger partial charge in [0.15, 0.2) is 0 Å². The summed E-state index contributed by atoms with van der Waals surface area (Å²) in [5.41, 5.74) is 5.78. The molecule has 0 saturated carbocycles. The number of carbonyl (C=O) groups is 1. The highest BCUT2D eigenvalue weighted by Crippen LogP contribution is 2.07. The van der Waals surface area contributed by atoms with Gasteiger partial charge in [-0.3, -0.25) is 9.69 Å². The van der Waals surface area contributed by atoms with Crippen LogP contribution in [0.3, 0.4) is 0 Å². The highest BCUT2D eigenvalue weighted by molar-refractivity contribution is 5.85. The van der Waals surface area contributed by atoms with Crippen molar-refractivity contribution >= 4 is 18.4 Å². The Labute approximate surface area is 91.2 Å². The number of nitrogens with two attached hydrogens (primary N) is 1. The normalized spacial score (nSPS) is 22.6. The highest BCUT2D eigenvalue weighted by atomic mass is 35.5. The van der Waals surface area contributed by atoms with Gasteiger partial charge in [0, 0.05) is 12.6 Å². The number of hydrogen-bond acceptors (Lipinski definition) is 4. The van der Waals surface area contributed by atoms with E-state index in [0.717, 1.165) is 25.9 Å². The zero-order valence-electron chi connectivity index (χ0n) is 8.57. The van der Waals surface area contributed by atoms with Crippen molar-refractivity contribution in [1.82, 2.24) is 4.90 Å². The maximum Gasteiger partial charge on any atom is 0.320 e. The average Bonchev–Trinajstić information content (AvgIpc) is 2.04. The summed E-state index contributed by atoms with van der Waals surface area (Å²) >= 11 is 0. The molecule has 1 aliphatic rings. The van der Waals surface area contributed by atoms with Gasteiger partial charge in [-0.1, -0.05) is 0 Å². The van der Waals surface area contributed by atoms with Crippen LogP contribution in [0.2, 0.25) is 0 Å². The first-order valence-electron chi connectivity index (χ1n) is 4.86. The van der Waals surface area contributed by atoms with E-state index in [1.165, 1.54) is 0 Å². The quantitative estimate of drug-likeness (QED) is 0.703. The predicted molar refractivity (Wildman–Crippen MR) is 57.5 cm³/mol. The Balaban J connectivity index is 0.00000169. The van der Waals surface area contributed by atoms with Crippen LogP contribution in [-0.2, 0) is 9.53 Å². The lowest BCUT2D eigenvalue weighted by Gasteiger charge is -2.29. The lowest BCUT2D eigenvalue weighted by molar-refractivity contribution is -0.144. The first-order valence-corrected chi connectivity index (χ1v) is 4.86. The topological polar surface area (TPSA) is 55.6 Å². The van der Waals surface area contributed by atoms with Crippen molar-refractivity contribution in [2.45, 2.75) is 25.8 Å². The van der Waals surface area contributed by atoms with Gasteiger partial charge in [0.05, 0.1) is 13.2 Å². The van der Waals surface area contributed by atoms with Gasteiger partial charge in [-0.05, 0) is 26.3 Å². The van der Waals surface area contributed by atoms with Gasteiger partial charge in [-0.25, -0.2) is 0 Å². The minimum atomic E-state index is -0.142. The van der Waals surface area contributed by atoms with Gasteiger partial charge in [-0.2, -0.15) is 0 Å². The second kappa shape index (κ2) is 7.04. The summed E-state index contributed by atoms with van der Waals surface area (Å²) < 4.78 is 4.86. The zero-order valence-corrected chi connectivity index (χ0v) is 9.39. The Morgan fingerprint density at radius 2 is 2.36 bits per heavy atom. The molecule has 0 spiro atoms. The predicted octanol–water partition coefficient (Wildman–Crippen LogP) is 0.394. The Morgan fingerprint density at radius 1 is 1.64 bits per heavy atom. The summed E-state index contributed by atoms with van der Waals surface area (Å²) in [4.78, 5) is 13.2. The van der Waals surface area contributed by atoms with Crippen LogP contribution in [0.1, 0.15) is 19.8 Å².